The van der Waals surface area contributed by atoms with Gasteiger partial charge in [0.1, 0.15) is 6.04 Å². The van der Waals surface area contributed by atoms with E-state index < -0.39 is 23.7 Å². The van der Waals surface area contributed by atoms with Gasteiger partial charge in [0.05, 0.1) is 19.8 Å². The van der Waals surface area contributed by atoms with E-state index in [2.05, 4.69) is 4.90 Å². The third kappa shape index (κ3) is 5.59. The highest BCUT2D eigenvalue weighted by Crippen LogP contribution is 2.43. The normalized spacial score (nSPS) is 16.6. The van der Waals surface area contributed by atoms with Gasteiger partial charge in [0.25, 0.3) is 0 Å². The molecule has 0 radical (unpaired) electrons. The van der Waals surface area contributed by atoms with Crippen molar-refractivity contribution >= 4 is 5.91 Å². The molecule has 2 atom stereocenters. The maximum absolute atomic E-state index is 13.4. The van der Waals surface area contributed by atoms with Crippen LogP contribution in [0.2, 0.25) is 0 Å². The van der Waals surface area contributed by atoms with E-state index in [1.165, 1.54) is 12.1 Å². The van der Waals surface area contributed by atoms with Gasteiger partial charge >= 0.3 is 6.18 Å². The van der Waals surface area contributed by atoms with Gasteiger partial charge in [-0.2, -0.15) is 13.2 Å². The Balaban J connectivity index is 1.77. The Kier molecular flexibility index (Phi) is 7.78. The Labute approximate surface area is 215 Å². The van der Waals surface area contributed by atoms with Crippen molar-refractivity contribution in [2.75, 3.05) is 20.8 Å². The fourth-order valence-corrected chi connectivity index (χ4v) is 5.24. The van der Waals surface area contributed by atoms with Crippen LogP contribution in [-0.4, -0.2) is 31.6 Å². The quantitative estimate of drug-likeness (QED) is 0.415. The van der Waals surface area contributed by atoms with Crippen LogP contribution in [-0.2, 0) is 23.8 Å². The summed E-state index contributed by atoms with van der Waals surface area (Å²) in [6.45, 7) is 2.36. The molecular weight excluding hydrogens is 481 g/mol. The third-order valence-corrected chi connectivity index (χ3v) is 7.12. The lowest BCUT2D eigenvalue weighted by molar-refractivity contribution is -0.137. The van der Waals surface area contributed by atoms with E-state index in [9.17, 15) is 18.0 Å². The van der Waals surface area contributed by atoms with Gasteiger partial charge in [0.2, 0.25) is 5.91 Å². The highest BCUT2D eigenvalue weighted by molar-refractivity contribution is 5.81. The maximum atomic E-state index is 13.4. The lowest BCUT2D eigenvalue weighted by atomic mass is 9.85. The van der Waals surface area contributed by atoms with Crippen molar-refractivity contribution in [2.24, 2.45) is 5.73 Å². The zero-order valence-electron chi connectivity index (χ0n) is 21.1. The minimum atomic E-state index is -4.42. The second kappa shape index (κ2) is 10.8. The van der Waals surface area contributed by atoms with Gasteiger partial charge in [-0.05, 0) is 78.3 Å². The second-order valence-corrected chi connectivity index (χ2v) is 9.30. The van der Waals surface area contributed by atoms with Crippen LogP contribution in [0.5, 0.6) is 11.5 Å². The number of primary amides is 1. The summed E-state index contributed by atoms with van der Waals surface area (Å²) >= 11 is 0. The van der Waals surface area contributed by atoms with Crippen molar-refractivity contribution in [1.29, 1.82) is 0 Å². The van der Waals surface area contributed by atoms with E-state index in [4.69, 9.17) is 15.2 Å². The molecule has 0 spiro atoms. The van der Waals surface area contributed by atoms with Crippen LogP contribution in [0.4, 0.5) is 13.2 Å². The molecule has 1 amide bonds. The molecule has 0 unspecified atom stereocenters. The predicted octanol–water partition coefficient (Wildman–Crippen LogP) is 5.79. The molecule has 5 nitrogen and oxygen atoms in total. The predicted molar refractivity (Wildman–Crippen MR) is 136 cm³/mol. The summed E-state index contributed by atoms with van der Waals surface area (Å²) in [5.41, 5.74) is 9.46. The molecule has 1 heterocycles. The van der Waals surface area contributed by atoms with Crippen molar-refractivity contribution < 1.29 is 27.4 Å². The molecule has 0 saturated heterocycles. The van der Waals surface area contributed by atoms with Gasteiger partial charge in [-0.3, -0.25) is 9.69 Å². The topological polar surface area (TPSA) is 64.8 Å². The molecule has 3 aromatic rings. The smallest absolute Gasteiger partial charge is 0.416 e. The van der Waals surface area contributed by atoms with Gasteiger partial charge in [-0.1, -0.05) is 36.4 Å². The molecule has 0 saturated carbocycles. The first-order valence-corrected chi connectivity index (χ1v) is 12.2. The van der Waals surface area contributed by atoms with E-state index >= 15 is 0 Å². The Morgan fingerprint density at radius 1 is 1.05 bits per heavy atom. The van der Waals surface area contributed by atoms with Gasteiger partial charge in [-0.25, -0.2) is 0 Å². The summed E-state index contributed by atoms with van der Waals surface area (Å²) in [6, 6.07) is 16.1. The lowest BCUT2D eigenvalue weighted by Gasteiger charge is -2.42. The van der Waals surface area contributed by atoms with Crippen molar-refractivity contribution in [1.82, 2.24) is 4.90 Å². The van der Waals surface area contributed by atoms with Crippen molar-refractivity contribution in [2.45, 2.75) is 44.4 Å². The summed E-state index contributed by atoms with van der Waals surface area (Å²) in [7, 11) is 3.13. The molecule has 1 aliphatic heterocycles. The Morgan fingerprint density at radius 2 is 1.73 bits per heavy atom. The fraction of sp³-hybridized carbons (Fsp3) is 0.345. The number of amides is 1. The number of halogens is 3. The largest absolute Gasteiger partial charge is 0.493 e. The van der Waals surface area contributed by atoms with E-state index in [1.807, 2.05) is 49.4 Å². The first kappa shape index (κ1) is 26.5. The summed E-state index contributed by atoms with van der Waals surface area (Å²) in [6.07, 6.45) is -2.88. The first-order valence-electron chi connectivity index (χ1n) is 12.2. The molecular formula is C29H31F3N2O3. The number of hydrogen-bond acceptors (Lipinski definition) is 4. The van der Waals surface area contributed by atoms with E-state index in [1.54, 1.807) is 14.2 Å². The number of nitrogens with zero attached hydrogens (tertiary/aromatic N) is 1. The van der Waals surface area contributed by atoms with E-state index in [-0.39, 0.29) is 6.04 Å². The minimum Gasteiger partial charge on any atom is -0.493 e. The monoisotopic (exact) mass is 512 g/mol. The number of alkyl halides is 3. The summed E-state index contributed by atoms with van der Waals surface area (Å²) in [5.74, 6) is 0.686. The van der Waals surface area contributed by atoms with E-state index in [0.29, 0.717) is 42.9 Å². The zero-order chi connectivity index (χ0) is 26.7. The number of carbonyl (C=O) groups excluding carboxylic acids is 1. The molecule has 37 heavy (non-hydrogen) atoms. The van der Waals surface area contributed by atoms with Crippen molar-refractivity contribution in [3.63, 3.8) is 0 Å². The summed E-state index contributed by atoms with van der Waals surface area (Å²) < 4.78 is 51.3. The van der Waals surface area contributed by atoms with Crippen molar-refractivity contribution in [3.8, 4) is 11.5 Å². The van der Waals surface area contributed by atoms with E-state index in [0.717, 1.165) is 28.3 Å². The number of rotatable bonds is 8. The fourth-order valence-electron chi connectivity index (χ4n) is 5.24. The number of methoxy groups -OCH3 is 2. The summed E-state index contributed by atoms with van der Waals surface area (Å²) in [5, 5.41) is 0. The van der Waals surface area contributed by atoms with Crippen molar-refractivity contribution in [3.05, 3.63) is 94.0 Å². The molecule has 0 aromatic heterocycles. The number of benzene rings is 3. The van der Waals surface area contributed by atoms with Crippen LogP contribution >= 0.6 is 0 Å². The molecule has 3 aromatic carbocycles. The van der Waals surface area contributed by atoms with Gasteiger partial charge in [0.15, 0.2) is 11.5 Å². The first-order chi connectivity index (χ1) is 17.6. The number of aryl methyl sites for hydroxylation is 2. The number of hydrogen-bond donors (Lipinski definition) is 1. The highest BCUT2D eigenvalue weighted by atomic mass is 19.4. The van der Waals surface area contributed by atoms with Gasteiger partial charge in [0, 0.05) is 12.6 Å². The average molecular weight is 513 g/mol. The van der Waals surface area contributed by atoms with Crippen LogP contribution in [0.15, 0.2) is 60.7 Å². The molecule has 196 valence electrons. The molecule has 2 N–H and O–H groups in total. The number of fused-ring (bicyclic) bond motifs is 1. The second-order valence-electron chi connectivity index (χ2n) is 9.30. The van der Waals surface area contributed by atoms with Crippen LogP contribution < -0.4 is 15.2 Å². The molecule has 0 fully saturated rings. The van der Waals surface area contributed by atoms with Crippen LogP contribution in [0, 0.1) is 6.92 Å². The Hall–Kier alpha value is -3.52. The van der Waals surface area contributed by atoms with Crippen LogP contribution in [0.3, 0.4) is 0 Å². The average Bonchev–Trinajstić information content (AvgIpc) is 2.87. The zero-order valence-corrected chi connectivity index (χ0v) is 21.1. The molecule has 8 heteroatoms. The van der Waals surface area contributed by atoms with Crippen LogP contribution in [0.25, 0.3) is 0 Å². The Bertz CT molecular complexity index is 1260. The molecule has 0 aliphatic carbocycles. The Morgan fingerprint density at radius 3 is 2.35 bits per heavy atom. The van der Waals surface area contributed by atoms with Gasteiger partial charge in [-0.15, -0.1) is 0 Å². The van der Waals surface area contributed by atoms with Crippen LogP contribution in [0.1, 0.15) is 51.9 Å². The third-order valence-electron chi connectivity index (χ3n) is 7.12. The maximum Gasteiger partial charge on any atom is 0.416 e. The standard InChI is InChI=1S/C29H31F3N2O3/c1-18-9-11-22(29(30,31)32)15-20(18)10-12-24-23-17-26(37-3)25(36-2)16-21(23)13-14-34(24)27(28(33)35)19-7-5-4-6-8-19/h4-9,11,15-17,24,27H,10,12-14H2,1-3H3,(H2,33,35)/t24-,27+/m0/s1. The SMILES string of the molecule is COc1cc2c(cc1OC)[C@H](CCc1cc(C(F)(F)F)ccc1C)N([C@@H](C(N)=O)c1ccccc1)CC2. The molecule has 1 aliphatic rings. The number of nitrogens with two attached hydrogens (primary N) is 1. The molecule has 0 bridgehead atoms. The molecule has 4 rings (SSSR count). The minimum absolute atomic E-state index is 0.282. The number of ether oxygens (including phenoxy) is 2. The lowest BCUT2D eigenvalue weighted by Crippen LogP contribution is -2.44. The highest BCUT2D eigenvalue weighted by Gasteiger charge is 2.37. The number of carbonyl (C=O) groups is 1. The van der Waals surface area contributed by atoms with Gasteiger partial charge < -0.3 is 15.2 Å². The summed E-state index contributed by atoms with van der Waals surface area (Å²) in [4.78, 5) is 14.8.